The van der Waals surface area contributed by atoms with Gasteiger partial charge in [0.1, 0.15) is 5.60 Å². The maximum absolute atomic E-state index is 11.4. The molecule has 1 unspecified atom stereocenters. The molecule has 4 heteroatoms. The van der Waals surface area contributed by atoms with Crippen molar-refractivity contribution in [3.8, 4) is 0 Å². The first kappa shape index (κ1) is 15.8. The molecule has 1 N–H and O–H groups in total. The number of ether oxygens (including phenoxy) is 1. The molecule has 0 bridgehead atoms. The molecule has 0 spiro atoms. The second-order valence-electron chi connectivity index (χ2n) is 4.97. The molecular weight excluding hydrogens is 222 g/mol. The van der Waals surface area contributed by atoms with Crippen LogP contribution in [0, 0.1) is 0 Å². The van der Waals surface area contributed by atoms with Crippen molar-refractivity contribution in [1.82, 2.24) is 5.32 Å². The molecule has 0 heterocycles. The Balaban J connectivity index is 3.42. The number of esters is 1. The molecule has 0 saturated carbocycles. The van der Waals surface area contributed by atoms with E-state index in [1.165, 1.54) is 0 Å². The van der Waals surface area contributed by atoms with Crippen molar-refractivity contribution in [2.24, 2.45) is 0 Å². The zero-order valence-electron chi connectivity index (χ0n) is 11.1. The monoisotopic (exact) mass is 247 g/mol. The van der Waals surface area contributed by atoms with E-state index in [1.54, 1.807) is 11.8 Å². The van der Waals surface area contributed by atoms with Crippen LogP contribution in [0.1, 0.15) is 40.5 Å². The van der Waals surface area contributed by atoms with Gasteiger partial charge in [-0.15, -0.1) is 0 Å². The number of hydrogen-bond acceptors (Lipinski definition) is 4. The highest BCUT2D eigenvalue weighted by molar-refractivity contribution is 7.99. The van der Waals surface area contributed by atoms with E-state index in [9.17, 15) is 4.79 Å². The maximum atomic E-state index is 11.4. The highest BCUT2D eigenvalue weighted by atomic mass is 32.2. The number of thioether (sulfide) groups is 1. The van der Waals surface area contributed by atoms with Crippen molar-refractivity contribution in [3.63, 3.8) is 0 Å². The normalized spacial score (nSPS) is 13.6. The fourth-order valence-corrected chi connectivity index (χ4v) is 1.90. The largest absolute Gasteiger partial charge is 0.459 e. The van der Waals surface area contributed by atoms with Gasteiger partial charge in [-0.25, -0.2) is 0 Å². The third kappa shape index (κ3) is 10.3. The second kappa shape index (κ2) is 7.96. The van der Waals surface area contributed by atoms with E-state index in [1.807, 2.05) is 27.8 Å². The SMILES string of the molecule is CNC(C)CCCSCC(=O)OC(C)(C)C. The average molecular weight is 247 g/mol. The lowest BCUT2D eigenvalue weighted by Crippen LogP contribution is -2.25. The van der Waals surface area contributed by atoms with Gasteiger partial charge in [0.2, 0.25) is 0 Å². The Morgan fingerprint density at radius 2 is 2.06 bits per heavy atom. The van der Waals surface area contributed by atoms with E-state index in [0.717, 1.165) is 18.6 Å². The van der Waals surface area contributed by atoms with E-state index in [0.29, 0.717) is 11.8 Å². The van der Waals surface area contributed by atoms with Gasteiger partial charge in [-0.1, -0.05) is 0 Å². The molecule has 0 aliphatic carbocycles. The summed E-state index contributed by atoms with van der Waals surface area (Å²) in [6.45, 7) is 7.84. The lowest BCUT2D eigenvalue weighted by atomic mass is 10.2. The van der Waals surface area contributed by atoms with Gasteiger partial charge < -0.3 is 10.1 Å². The first-order chi connectivity index (χ1) is 7.35. The summed E-state index contributed by atoms with van der Waals surface area (Å²) in [5.41, 5.74) is -0.363. The fraction of sp³-hybridized carbons (Fsp3) is 0.917. The zero-order chi connectivity index (χ0) is 12.6. The Bertz CT molecular complexity index is 202. The van der Waals surface area contributed by atoms with Crippen LogP contribution in [0.2, 0.25) is 0 Å². The summed E-state index contributed by atoms with van der Waals surface area (Å²) in [6, 6.07) is 0.558. The van der Waals surface area contributed by atoms with E-state index in [2.05, 4.69) is 12.2 Å². The van der Waals surface area contributed by atoms with E-state index >= 15 is 0 Å². The van der Waals surface area contributed by atoms with Gasteiger partial charge in [0.25, 0.3) is 0 Å². The lowest BCUT2D eigenvalue weighted by molar-refractivity contribution is -0.151. The maximum Gasteiger partial charge on any atom is 0.316 e. The second-order valence-corrected chi connectivity index (χ2v) is 6.08. The Morgan fingerprint density at radius 1 is 1.44 bits per heavy atom. The highest BCUT2D eigenvalue weighted by Gasteiger charge is 2.15. The summed E-state index contributed by atoms with van der Waals surface area (Å²) in [5, 5.41) is 3.19. The van der Waals surface area contributed by atoms with Crippen molar-refractivity contribution in [2.75, 3.05) is 18.6 Å². The Kier molecular flexibility index (Phi) is 7.85. The van der Waals surface area contributed by atoms with Gasteiger partial charge >= 0.3 is 5.97 Å². The Morgan fingerprint density at radius 3 is 2.56 bits per heavy atom. The van der Waals surface area contributed by atoms with Crippen LogP contribution in [0.25, 0.3) is 0 Å². The minimum Gasteiger partial charge on any atom is -0.459 e. The number of rotatable bonds is 7. The summed E-state index contributed by atoms with van der Waals surface area (Å²) in [7, 11) is 1.97. The molecule has 0 saturated heterocycles. The topological polar surface area (TPSA) is 38.3 Å². The van der Waals surface area contributed by atoms with Gasteiger partial charge in [-0.05, 0) is 53.3 Å². The molecule has 96 valence electrons. The molecule has 0 aliphatic rings. The minimum atomic E-state index is -0.363. The van der Waals surface area contributed by atoms with E-state index in [-0.39, 0.29) is 11.6 Å². The third-order valence-corrected chi connectivity index (χ3v) is 3.08. The molecule has 0 aromatic carbocycles. The van der Waals surface area contributed by atoms with Crippen molar-refractivity contribution in [1.29, 1.82) is 0 Å². The first-order valence-electron chi connectivity index (χ1n) is 5.82. The number of hydrogen-bond donors (Lipinski definition) is 1. The number of carbonyl (C=O) groups is 1. The highest BCUT2D eigenvalue weighted by Crippen LogP contribution is 2.11. The molecule has 16 heavy (non-hydrogen) atoms. The van der Waals surface area contributed by atoms with Crippen LogP contribution >= 0.6 is 11.8 Å². The van der Waals surface area contributed by atoms with Crippen LogP contribution in [0.15, 0.2) is 0 Å². The van der Waals surface area contributed by atoms with Crippen LogP contribution in [0.4, 0.5) is 0 Å². The summed E-state index contributed by atoms with van der Waals surface area (Å²) < 4.78 is 5.21. The molecule has 0 aromatic heterocycles. The molecule has 3 nitrogen and oxygen atoms in total. The van der Waals surface area contributed by atoms with Crippen molar-refractivity contribution >= 4 is 17.7 Å². The van der Waals surface area contributed by atoms with Crippen molar-refractivity contribution < 1.29 is 9.53 Å². The first-order valence-corrected chi connectivity index (χ1v) is 6.97. The van der Waals surface area contributed by atoms with Crippen LogP contribution in [-0.4, -0.2) is 36.2 Å². The Labute approximate surface area is 104 Å². The average Bonchev–Trinajstić information content (AvgIpc) is 2.14. The summed E-state index contributed by atoms with van der Waals surface area (Å²) in [5.74, 6) is 1.37. The fourth-order valence-electron chi connectivity index (χ4n) is 1.16. The molecular formula is C12H25NO2S. The van der Waals surface area contributed by atoms with Crippen molar-refractivity contribution in [2.45, 2.75) is 52.2 Å². The lowest BCUT2D eigenvalue weighted by Gasteiger charge is -2.19. The zero-order valence-corrected chi connectivity index (χ0v) is 11.9. The predicted molar refractivity (Wildman–Crippen MR) is 70.9 cm³/mol. The Hall–Kier alpha value is -0.220. The molecule has 0 aliphatic heterocycles. The van der Waals surface area contributed by atoms with Gasteiger partial charge in [0.15, 0.2) is 0 Å². The molecule has 0 radical (unpaired) electrons. The summed E-state index contributed by atoms with van der Waals surface area (Å²) in [4.78, 5) is 11.4. The van der Waals surface area contributed by atoms with Crippen molar-refractivity contribution in [3.05, 3.63) is 0 Å². The number of carbonyl (C=O) groups excluding carboxylic acids is 1. The summed E-state index contributed by atoms with van der Waals surface area (Å²) in [6.07, 6.45) is 2.29. The standard InChI is InChI=1S/C12H25NO2S/c1-10(13-5)7-6-8-16-9-11(14)15-12(2,3)4/h10,13H,6-9H2,1-5H3. The van der Waals surface area contributed by atoms with Gasteiger partial charge in [-0.3, -0.25) is 4.79 Å². The van der Waals surface area contributed by atoms with Crippen LogP contribution in [0.3, 0.4) is 0 Å². The summed E-state index contributed by atoms with van der Waals surface area (Å²) >= 11 is 1.65. The number of nitrogens with one attached hydrogen (secondary N) is 1. The molecule has 0 amide bonds. The van der Waals surface area contributed by atoms with Gasteiger partial charge in [-0.2, -0.15) is 11.8 Å². The van der Waals surface area contributed by atoms with Crippen LogP contribution < -0.4 is 5.32 Å². The van der Waals surface area contributed by atoms with Gasteiger partial charge in [0, 0.05) is 6.04 Å². The molecule has 0 rings (SSSR count). The minimum absolute atomic E-state index is 0.112. The molecule has 0 aromatic rings. The van der Waals surface area contributed by atoms with E-state index < -0.39 is 0 Å². The smallest absolute Gasteiger partial charge is 0.316 e. The third-order valence-electron chi connectivity index (χ3n) is 2.06. The quantitative estimate of drug-likeness (QED) is 0.554. The molecule has 1 atom stereocenters. The predicted octanol–water partition coefficient (Wildman–Crippen LogP) is 2.45. The molecule has 0 fully saturated rings. The van der Waals surface area contributed by atoms with Crippen LogP contribution in [-0.2, 0) is 9.53 Å². The van der Waals surface area contributed by atoms with Gasteiger partial charge in [0.05, 0.1) is 5.75 Å². The van der Waals surface area contributed by atoms with Crippen LogP contribution in [0.5, 0.6) is 0 Å². The van der Waals surface area contributed by atoms with E-state index in [4.69, 9.17) is 4.74 Å².